The van der Waals surface area contributed by atoms with E-state index in [1.807, 2.05) is 0 Å². The SMILES string of the molecule is O=C(/C=C/c1ccc(S(=O)(=O)N2CCOCC2)cc1)NCC1CCCCC1. The van der Waals surface area contributed by atoms with Gasteiger partial charge >= 0.3 is 0 Å². The second kappa shape index (κ2) is 9.48. The van der Waals surface area contributed by atoms with Crippen molar-refractivity contribution in [1.29, 1.82) is 0 Å². The number of sulfonamides is 1. The molecular weight excluding hydrogens is 364 g/mol. The van der Waals surface area contributed by atoms with Crippen molar-refractivity contribution >= 4 is 22.0 Å². The number of nitrogens with one attached hydrogen (secondary N) is 1. The van der Waals surface area contributed by atoms with Gasteiger partial charge in [0, 0.05) is 25.7 Å². The third kappa shape index (κ3) is 5.64. The molecule has 0 radical (unpaired) electrons. The van der Waals surface area contributed by atoms with Gasteiger partial charge in [0.2, 0.25) is 15.9 Å². The van der Waals surface area contributed by atoms with Gasteiger partial charge in [-0.15, -0.1) is 0 Å². The average molecular weight is 393 g/mol. The molecule has 6 nitrogen and oxygen atoms in total. The molecule has 0 aromatic heterocycles. The van der Waals surface area contributed by atoms with Gasteiger partial charge in [-0.25, -0.2) is 8.42 Å². The zero-order valence-electron chi connectivity index (χ0n) is 15.6. The molecule has 2 fully saturated rings. The predicted octanol–water partition coefficient (Wildman–Crippen LogP) is 2.42. The minimum absolute atomic E-state index is 0.106. The standard InChI is InChI=1S/C20H28N2O4S/c23-20(21-16-18-4-2-1-3-5-18)11-8-17-6-9-19(10-7-17)27(24,25)22-12-14-26-15-13-22/h6-11,18H,1-5,12-16H2,(H,21,23)/b11-8+. The Morgan fingerprint density at radius 3 is 2.44 bits per heavy atom. The van der Waals surface area contributed by atoms with Crippen LogP contribution in [0.1, 0.15) is 37.7 Å². The summed E-state index contributed by atoms with van der Waals surface area (Å²) in [7, 11) is -3.48. The summed E-state index contributed by atoms with van der Waals surface area (Å²) in [6.45, 7) is 2.35. The Hall–Kier alpha value is -1.70. The summed E-state index contributed by atoms with van der Waals surface area (Å²) in [5.41, 5.74) is 0.795. The fourth-order valence-corrected chi connectivity index (χ4v) is 4.96. The largest absolute Gasteiger partial charge is 0.379 e. The molecule has 27 heavy (non-hydrogen) atoms. The summed E-state index contributed by atoms with van der Waals surface area (Å²) in [5.74, 6) is 0.492. The summed E-state index contributed by atoms with van der Waals surface area (Å²) in [6.07, 6.45) is 9.44. The Kier molecular flexibility index (Phi) is 7.04. The Labute approximate surface area is 161 Å². The number of rotatable bonds is 6. The number of nitrogens with zero attached hydrogens (tertiary/aromatic N) is 1. The lowest BCUT2D eigenvalue weighted by Crippen LogP contribution is -2.40. The molecule has 0 bridgehead atoms. The van der Waals surface area contributed by atoms with Crippen molar-refractivity contribution in [1.82, 2.24) is 9.62 Å². The minimum Gasteiger partial charge on any atom is -0.379 e. The summed E-state index contributed by atoms with van der Waals surface area (Å²) in [6, 6.07) is 6.62. The van der Waals surface area contributed by atoms with Crippen LogP contribution in [0.4, 0.5) is 0 Å². The molecule has 1 aromatic carbocycles. The van der Waals surface area contributed by atoms with E-state index in [1.54, 1.807) is 30.3 Å². The van der Waals surface area contributed by atoms with Crippen LogP contribution >= 0.6 is 0 Å². The van der Waals surface area contributed by atoms with Crippen LogP contribution in [-0.4, -0.2) is 51.5 Å². The highest BCUT2D eigenvalue weighted by Gasteiger charge is 2.25. The fraction of sp³-hybridized carbons (Fsp3) is 0.550. The lowest BCUT2D eigenvalue weighted by Gasteiger charge is -2.26. The highest BCUT2D eigenvalue weighted by Crippen LogP contribution is 2.22. The van der Waals surface area contributed by atoms with Gasteiger partial charge in [0.25, 0.3) is 0 Å². The van der Waals surface area contributed by atoms with Crippen LogP contribution in [0.2, 0.25) is 0 Å². The van der Waals surface area contributed by atoms with Gasteiger partial charge in [0.05, 0.1) is 18.1 Å². The molecule has 1 saturated carbocycles. The van der Waals surface area contributed by atoms with Gasteiger partial charge in [-0.1, -0.05) is 31.4 Å². The maximum Gasteiger partial charge on any atom is 0.244 e. The first-order valence-corrected chi connectivity index (χ1v) is 11.1. The normalized spacial score (nSPS) is 20.0. The van der Waals surface area contributed by atoms with Crippen LogP contribution in [0.25, 0.3) is 6.08 Å². The van der Waals surface area contributed by atoms with Crippen molar-refractivity contribution in [2.24, 2.45) is 5.92 Å². The Balaban J connectivity index is 1.53. The van der Waals surface area contributed by atoms with E-state index < -0.39 is 10.0 Å². The monoisotopic (exact) mass is 392 g/mol. The topological polar surface area (TPSA) is 75.7 Å². The van der Waals surface area contributed by atoms with Crippen LogP contribution in [-0.2, 0) is 19.6 Å². The number of hydrogen-bond acceptors (Lipinski definition) is 4. The van der Waals surface area contributed by atoms with Crippen molar-refractivity contribution in [3.05, 3.63) is 35.9 Å². The van der Waals surface area contributed by atoms with Crippen molar-refractivity contribution in [2.45, 2.75) is 37.0 Å². The number of amides is 1. The average Bonchev–Trinajstić information content (AvgIpc) is 2.72. The van der Waals surface area contributed by atoms with Gasteiger partial charge in [-0.3, -0.25) is 4.79 Å². The molecule has 1 N–H and O–H groups in total. The summed E-state index contributed by atoms with van der Waals surface area (Å²) in [4.78, 5) is 12.2. The number of morpholine rings is 1. The second-order valence-electron chi connectivity index (χ2n) is 7.17. The van der Waals surface area contributed by atoms with E-state index in [9.17, 15) is 13.2 Å². The third-order valence-corrected chi connectivity index (χ3v) is 7.12. The first-order valence-electron chi connectivity index (χ1n) is 9.69. The molecule has 0 unspecified atom stereocenters. The van der Waals surface area contributed by atoms with Crippen LogP contribution in [0.15, 0.2) is 35.2 Å². The molecule has 148 valence electrons. The Bertz CT molecular complexity index is 747. The minimum atomic E-state index is -3.48. The van der Waals surface area contributed by atoms with Crippen LogP contribution in [0.5, 0.6) is 0 Å². The van der Waals surface area contributed by atoms with Crippen LogP contribution < -0.4 is 5.32 Å². The molecule has 1 aliphatic heterocycles. The number of ether oxygens (including phenoxy) is 1. The molecule has 1 saturated heterocycles. The highest BCUT2D eigenvalue weighted by atomic mass is 32.2. The molecule has 7 heteroatoms. The van der Waals surface area contributed by atoms with E-state index in [2.05, 4.69) is 5.32 Å². The Morgan fingerprint density at radius 2 is 1.78 bits per heavy atom. The fourth-order valence-electron chi connectivity index (χ4n) is 3.55. The Morgan fingerprint density at radius 1 is 1.11 bits per heavy atom. The maximum atomic E-state index is 12.6. The van der Waals surface area contributed by atoms with Crippen LogP contribution in [0, 0.1) is 5.92 Å². The van der Waals surface area contributed by atoms with E-state index in [0.29, 0.717) is 32.2 Å². The molecule has 1 heterocycles. The van der Waals surface area contributed by atoms with Gasteiger partial charge < -0.3 is 10.1 Å². The molecular formula is C20H28N2O4S. The number of benzene rings is 1. The smallest absolute Gasteiger partial charge is 0.244 e. The number of carbonyl (C=O) groups excluding carboxylic acids is 1. The van der Waals surface area contributed by atoms with E-state index in [1.165, 1.54) is 42.5 Å². The number of carbonyl (C=O) groups is 1. The number of hydrogen-bond donors (Lipinski definition) is 1. The molecule has 3 rings (SSSR count). The van der Waals surface area contributed by atoms with E-state index in [4.69, 9.17) is 4.74 Å². The summed E-state index contributed by atoms with van der Waals surface area (Å²) in [5, 5.41) is 2.96. The summed E-state index contributed by atoms with van der Waals surface area (Å²) >= 11 is 0. The van der Waals surface area contributed by atoms with E-state index >= 15 is 0 Å². The zero-order chi connectivity index (χ0) is 19.1. The molecule has 1 aromatic rings. The molecule has 1 amide bonds. The first kappa shape index (κ1) is 20.0. The lowest BCUT2D eigenvalue weighted by atomic mass is 9.89. The third-order valence-electron chi connectivity index (χ3n) is 5.20. The lowest BCUT2D eigenvalue weighted by molar-refractivity contribution is -0.116. The molecule has 1 aliphatic carbocycles. The quantitative estimate of drug-likeness (QED) is 0.755. The molecule has 2 aliphatic rings. The summed E-state index contributed by atoms with van der Waals surface area (Å²) < 4.78 is 31.8. The van der Waals surface area contributed by atoms with Crippen molar-refractivity contribution in [3.8, 4) is 0 Å². The van der Waals surface area contributed by atoms with E-state index in [-0.39, 0.29) is 10.8 Å². The van der Waals surface area contributed by atoms with Crippen molar-refractivity contribution in [2.75, 3.05) is 32.8 Å². The zero-order valence-corrected chi connectivity index (χ0v) is 16.4. The predicted molar refractivity (Wildman–Crippen MR) is 105 cm³/mol. The first-order chi connectivity index (χ1) is 13.1. The second-order valence-corrected chi connectivity index (χ2v) is 9.11. The highest BCUT2D eigenvalue weighted by molar-refractivity contribution is 7.89. The molecule has 0 atom stereocenters. The molecule has 0 spiro atoms. The van der Waals surface area contributed by atoms with Crippen molar-refractivity contribution < 1.29 is 17.9 Å². The van der Waals surface area contributed by atoms with Gasteiger partial charge in [0.15, 0.2) is 0 Å². The van der Waals surface area contributed by atoms with E-state index in [0.717, 1.165) is 12.1 Å². The van der Waals surface area contributed by atoms with Crippen molar-refractivity contribution in [3.63, 3.8) is 0 Å². The maximum absolute atomic E-state index is 12.6. The van der Waals surface area contributed by atoms with Gasteiger partial charge in [-0.2, -0.15) is 4.31 Å². The van der Waals surface area contributed by atoms with Gasteiger partial charge in [-0.05, 0) is 42.5 Å². The van der Waals surface area contributed by atoms with Gasteiger partial charge in [0.1, 0.15) is 0 Å². The van der Waals surface area contributed by atoms with Crippen LogP contribution in [0.3, 0.4) is 0 Å².